The normalized spacial score (nSPS) is 19.6. The molecule has 2 aliphatic rings. The number of carbonyl (C=O) groups is 1. The molecule has 0 amide bonds. The second-order valence-corrected chi connectivity index (χ2v) is 8.32. The quantitative estimate of drug-likeness (QED) is 0.674. The van der Waals surface area contributed by atoms with Crippen molar-refractivity contribution >= 4 is 11.9 Å². The van der Waals surface area contributed by atoms with Crippen LogP contribution in [0.5, 0.6) is 28.7 Å². The predicted molar refractivity (Wildman–Crippen MR) is 121 cm³/mol. The maximum atomic E-state index is 13.1. The Morgan fingerprint density at radius 2 is 1.88 bits per heavy atom. The van der Waals surface area contributed by atoms with E-state index in [2.05, 4.69) is 11.8 Å². The first kappa shape index (κ1) is 22.0. The van der Waals surface area contributed by atoms with Gasteiger partial charge < -0.3 is 24.1 Å². The number of likely N-dealkylation sites (tertiary alicyclic amines) is 1. The summed E-state index contributed by atoms with van der Waals surface area (Å²) in [6.45, 7) is 4.71. The Balaban J connectivity index is 1.67. The largest absolute Gasteiger partial charge is 0.507 e. The summed E-state index contributed by atoms with van der Waals surface area (Å²) in [5.74, 6) is 2.60. The maximum Gasteiger partial charge on any atom is 0.231 e. The lowest BCUT2D eigenvalue weighted by atomic mass is 9.99. The van der Waals surface area contributed by atoms with Crippen LogP contribution in [0.3, 0.4) is 0 Å². The summed E-state index contributed by atoms with van der Waals surface area (Å²) in [7, 11) is 4.62. The van der Waals surface area contributed by atoms with Crippen LogP contribution in [0.1, 0.15) is 41.3 Å². The first-order valence-electron chi connectivity index (χ1n) is 10.8. The molecule has 0 bridgehead atoms. The number of benzene rings is 2. The Hall–Kier alpha value is -3.19. The molecule has 1 N–H and O–H groups in total. The first-order valence-corrected chi connectivity index (χ1v) is 10.8. The second kappa shape index (κ2) is 9.12. The number of ether oxygens (including phenoxy) is 4. The zero-order chi connectivity index (χ0) is 22.8. The summed E-state index contributed by atoms with van der Waals surface area (Å²) < 4.78 is 22.2. The number of hydrogen-bond donors (Lipinski definition) is 1. The summed E-state index contributed by atoms with van der Waals surface area (Å²) in [5, 5.41) is 10.5. The van der Waals surface area contributed by atoms with Crippen molar-refractivity contribution in [3.8, 4) is 28.7 Å². The summed E-state index contributed by atoms with van der Waals surface area (Å²) in [4.78, 5) is 15.4. The highest BCUT2D eigenvalue weighted by atomic mass is 16.5. The minimum atomic E-state index is -0.220. The lowest BCUT2D eigenvalue weighted by Gasteiger charge is -2.31. The SMILES string of the molecule is COc1cc(C=C2Oc3c(ccc(O)c3CN3CCC[C@H](C)C3)C2=O)cc(OC)c1OC. The molecule has 2 aromatic rings. The van der Waals surface area contributed by atoms with Crippen molar-refractivity contribution in [2.24, 2.45) is 5.92 Å². The summed E-state index contributed by atoms with van der Waals surface area (Å²) in [6.07, 6.45) is 3.99. The lowest BCUT2D eigenvalue weighted by molar-refractivity contribution is 0.101. The average molecular weight is 440 g/mol. The smallest absolute Gasteiger partial charge is 0.231 e. The zero-order valence-corrected chi connectivity index (χ0v) is 18.9. The van der Waals surface area contributed by atoms with Crippen LogP contribution in [0.15, 0.2) is 30.0 Å². The Kier molecular flexibility index (Phi) is 6.28. The van der Waals surface area contributed by atoms with E-state index in [-0.39, 0.29) is 17.3 Å². The van der Waals surface area contributed by atoms with Gasteiger partial charge in [0.05, 0.1) is 32.5 Å². The Morgan fingerprint density at radius 1 is 1.16 bits per heavy atom. The molecule has 1 fully saturated rings. The fraction of sp³-hybridized carbons (Fsp3) is 0.400. The number of phenols is 1. The van der Waals surface area contributed by atoms with Gasteiger partial charge >= 0.3 is 0 Å². The monoisotopic (exact) mass is 439 g/mol. The number of nitrogens with zero attached hydrogens (tertiary/aromatic N) is 1. The van der Waals surface area contributed by atoms with E-state index in [4.69, 9.17) is 18.9 Å². The number of rotatable bonds is 6. The fourth-order valence-electron chi connectivity index (χ4n) is 4.44. The highest BCUT2D eigenvalue weighted by molar-refractivity contribution is 6.15. The number of piperidine rings is 1. The third kappa shape index (κ3) is 4.12. The van der Waals surface area contributed by atoms with Crippen molar-refractivity contribution < 1.29 is 28.8 Å². The van der Waals surface area contributed by atoms with Crippen molar-refractivity contribution in [3.05, 3.63) is 46.7 Å². The van der Waals surface area contributed by atoms with Gasteiger partial charge in [-0.2, -0.15) is 0 Å². The van der Waals surface area contributed by atoms with Gasteiger partial charge in [0.15, 0.2) is 17.3 Å². The minimum Gasteiger partial charge on any atom is -0.507 e. The predicted octanol–water partition coefficient (Wildman–Crippen LogP) is 4.27. The highest BCUT2D eigenvalue weighted by Gasteiger charge is 2.32. The molecule has 7 heteroatoms. The number of ketones is 1. The van der Waals surface area contributed by atoms with Gasteiger partial charge in [0.25, 0.3) is 0 Å². The van der Waals surface area contributed by atoms with Crippen LogP contribution in [-0.4, -0.2) is 50.2 Å². The highest BCUT2D eigenvalue weighted by Crippen LogP contribution is 2.42. The van der Waals surface area contributed by atoms with Gasteiger partial charge in [-0.1, -0.05) is 6.92 Å². The molecule has 2 heterocycles. The molecule has 0 spiro atoms. The van der Waals surface area contributed by atoms with Gasteiger partial charge in [-0.3, -0.25) is 9.69 Å². The topological polar surface area (TPSA) is 77.5 Å². The molecule has 0 saturated carbocycles. The number of Topliss-reactive ketones (excluding diaryl/α,β-unsaturated/α-hetero) is 1. The second-order valence-electron chi connectivity index (χ2n) is 8.32. The van der Waals surface area contributed by atoms with Gasteiger partial charge in [0.1, 0.15) is 11.5 Å². The summed E-state index contributed by atoms with van der Waals surface area (Å²) in [5.41, 5.74) is 1.78. The van der Waals surface area contributed by atoms with E-state index in [0.717, 1.165) is 19.5 Å². The standard InChI is InChI=1S/C25H29NO6/c1-15-6-5-9-26(13-15)14-18-19(27)8-7-17-23(28)20(32-24(17)18)10-16-11-21(29-2)25(31-4)22(12-16)30-3/h7-8,10-12,15,27H,5-6,9,13-14H2,1-4H3/t15-/m0/s1. The van der Waals surface area contributed by atoms with E-state index < -0.39 is 0 Å². The number of carbonyl (C=O) groups excluding carboxylic acids is 1. The van der Waals surface area contributed by atoms with Crippen molar-refractivity contribution in [2.75, 3.05) is 34.4 Å². The van der Waals surface area contributed by atoms with Crippen LogP contribution in [0.2, 0.25) is 0 Å². The molecular weight excluding hydrogens is 410 g/mol. The molecule has 0 unspecified atom stereocenters. The van der Waals surface area contributed by atoms with Gasteiger partial charge in [0.2, 0.25) is 11.5 Å². The number of methoxy groups -OCH3 is 3. The average Bonchev–Trinajstić information content (AvgIpc) is 3.10. The Bertz CT molecular complexity index is 1040. The summed E-state index contributed by atoms with van der Waals surface area (Å²) in [6, 6.07) is 6.69. The van der Waals surface area contributed by atoms with Crippen molar-refractivity contribution in [1.29, 1.82) is 0 Å². The van der Waals surface area contributed by atoms with E-state index in [1.807, 2.05) is 0 Å². The van der Waals surface area contributed by atoms with Crippen LogP contribution in [0, 0.1) is 5.92 Å². The van der Waals surface area contributed by atoms with Gasteiger partial charge in [-0.25, -0.2) is 0 Å². The molecule has 32 heavy (non-hydrogen) atoms. The number of phenolic OH excluding ortho intramolecular Hbond substituents is 1. The molecular formula is C25H29NO6. The van der Waals surface area contributed by atoms with Gasteiger partial charge in [-0.05, 0) is 61.2 Å². The number of fused-ring (bicyclic) bond motifs is 1. The number of aromatic hydroxyl groups is 1. The van der Waals surface area contributed by atoms with Crippen LogP contribution in [0.25, 0.3) is 6.08 Å². The number of hydrogen-bond acceptors (Lipinski definition) is 7. The molecule has 170 valence electrons. The molecule has 2 aromatic carbocycles. The Labute approximate surface area is 188 Å². The molecule has 4 rings (SSSR count). The van der Waals surface area contributed by atoms with Gasteiger partial charge in [0, 0.05) is 13.1 Å². The van der Waals surface area contributed by atoms with Crippen LogP contribution >= 0.6 is 0 Å². The van der Waals surface area contributed by atoms with Gasteiger partial charge in [-0.15, -0.1) is 0 Å². The molecule has 1 saturated heterocycles. The van der Waals surface area contributed by atoms with E-state index in [1.54, 1.807) is 30.3 Å². The van der Waals surface area contributed by atoms with Crippen molar-refractivity contribution in [3.63, 3.8) is 0 Å². The number of allylic oxidation sites excluding steroid dienone is 1. The zero-order valence-electron chi connectivity index (χ0n) is 18.9. The molecule has 1 atom stereocenters. The van der Waals surface area contributed by atoms with Crippen LogP contribution < -0.4 is 18.9 Å². The molecule has 2 aliphatic heterocycles. The third-order valence-corrected chi connectivity index (χ3v) is 6.02. The molecule has 0 radical (unpaired) electrons. The molecule has 0 aromatic heterocycles. The van der Waals surface area contributed by atoms with Crippen molar-refractivity contribution in [2.45, 2.75) is 26.3 Å². The molecule has 7 nitrogen and oxygen atoms in total. The van der Waals surface area contributed by atoms with E-state index in [1.165, 1.54) is 27.8 Å². The fourth-order valence-corrected chi connectivity index (χ4v) is 4.44. The molecule has 0 aliphatic carbocycles. The van der Waals surface area contributed by atoms with E-state index in [9.17, 15) is 9.90 Å². The van der Waals surface area contributed by atoms with E-state index in [0.29, 0.717) is 52.2 Å². The lowest BCUT2D eigenvalue weighted by Crippen LogP contribution is -2.33. The van der Waals surface area contributed by atoms with Crippen molar-refractivity contribution in [1.82, 2.24) is 4.90 Å². The maximum absolute atomic E-state index is 13.1. The Morgan fingerprint density at radius 3 is 2.50 bits per heavy atom. The minimum absolute atomic E-state index is 0.142. The van der Waals surface area contributed by atoms with E-state index >= 15 is 0 Å². The first-order chi connectivity index (χ1) is 15.4. The van der Waals surface area contributed by atoms with Crippen LogP contribution in [-0.2, 0) is 6.54 Å². The summed E-state index contributed by atoms with van der Waals surface area (Å²) >= 11 is 0. The van der Waals surface area contributed by atoms with Crippen LogP contribution in [0.4, 0.5) is 0 Å². The third-order valence-electron chi connectivity index (χ3n) is 6.02.